The molecule has 1 atom stereocenters. The Bertz CT molecular complexity index is 1100. The van der Waals surface area contributed by atoms with Crippen LogP contribution in [0.3, 0.4) is 0 Å². The Morgan fingerprint density at radius 2 is 1.73 bits per heavy atom. The van der Waals surface area contributed by atoms with Crippen LogP contribution >= 0.6 is 0 Å². The summed E-state index contributed by atoms with van der Waals surface area (Å²) in [6.45, 7) is 4.34. The molecule has 0 spiro atoms. The van der Waals surface area contributed by atoms with Crippen molar-refractivity contribution in [2.45, 2.75) is 57.0 Å². The summed E-state index contributed by atoms with van der Waals surface area (Å²) in [5.74, 6) is -1.96. The first-order valence-electron chi connectivity index (χ1n) is 11.1. The Labute approximate surface area is 194 Å². The van der Waals surface area contributed by atoms with Crippen LogP contribution in [0.5, 0.6) is 0 Å². The zero-order valence-electron chi connectivity index (χ0n) is 18.9. The summed E-state index contributed by atoms with van der Waals surface area (Å²) in [5.41, 5.74) is 2.36. The highest BCUT2D eigenvalue weighted by atomic mass is 32.2. The molecule has 33 heavy (non-hydrogen) atoms. The normalized spacial score (nSPS) is 16.9. The number of amides is 2. The number of piperidine rings is 1. The number of hydrogen-bond donors (Lipinski definition) is 2. The standard InChI is InChI=1S/C24H30FN3O4S/c1-17-6-8-19(9-7-17)16-27-24(30)23(29)26-13-12-21-5-3-4-14-28(21)33(31,32)22-11-10-20(25)15-18(22)2/h6-11,15,21H,3-5,12-14,16H2,1-2H3,(H,26,29)(H,27,30)/t21-/m0/s1. The minimum absolute atomic E-state index is 0.0929. The molecule has 1 aliphatic heterocycles. The molecule has 1 fully saturated rings. The summed E-state index contributed by atoms with van der Waals surface area (Å²) < 4.78 is 41.3. The van der Waals surface area contributed by atoms with Gasteiger partial charge in [0.25, 0.3) is 0 Å². The number of aryl methyl sites for hydroxylation is 2. The third kappa shape index (κ3) is 6.39. The van der Waals surface area contributed by atoms with Gasteiger partial charge in [-0.2, -0.15) is 4.31 Å². The lowest BCUT2D eigenvalue weighted by Gasteiger charge is -2.35. The largest absolute Gasteiger partial charge is 0.348 e. The predicted molar refractivity (Wildman–Crippen MR) is 123 cm³/mol. The van der Waals surface area contributed by atoms with Gasteiger partial charge in [0.15, 0.2) is 0 Å². The van der Waals surface area contributed by atoms with Gasteiger partial charge in [0.1, 0.15) is 5.82 Å². The highest BCUT2D eigenvalue weighted by Crippen LogP contribution is 2.28. The molecule has 2 aromatic rings. The SMILES string of the molecule is Cc1ccc(CNC(=O)C(=O)NCC[C@@H]2CCCCN2S(=O)(=O)c2ccc(F)cc2C)cc1. The van der Waals surface area contributed by atoms with Crippen molar-refractivity contribution in [3.8, 4) is 0 Å². The zero-order chi connectivity index (χ0) is 24.0. The van der Waals surface area contributed by atoms with Gasteiger partial charge in [-0.25, -0.2) is 12.8 Å². The van der Waals surface area contributed by atoms with Crippen molar-refractivity contribution >= 4 is 21.8 Å². The van der Waals surface area contributed by atoms with E-state index in [0.29, 0.717) is 24.9 Å². The van der Waals surface area contributed by atoms with Gasteiger partial charge in [-0.15, -0.1) is 0 Å². The van der Waals surface area contributed by atoms with Gasteiger partial charge in [-0.3, -0.25) is 9.59 Å². The summed E-state index contributed by atoms with van der Waals surface area (Å²) in [6, 6.07) is 11.0. The number of hydrogen-bond acceptors (Lipinski definition) is 4. The Hall–Kier alpha value is -2.78. The van der Waals surface area contributed by atoms with Gasteiger partial charge >= 0.3 is 11.8 Å². The minimum atomic E-state index is -3.79. The lowest BCUT2D eigenvalue weighted by molar-refractivity contribution is -0.139. The zero-order valence-corrected chi connectivity index (χ0v) is 19.8. The van der Waals surface area contributed by atoms with Crippen molar-refractivity contribution in [1.29, 1.82) is 0 Å². The van der Waals surface area contributed by atoms with Gasteiger partial charge in [-0.05, 0) is 62.4 Å². The molecule has 0 radical (unpaired) electrons. The molecule has 7 nitrogen and oxygen atoms in total. The summed E-state index contributed by atoms with van der Waals surface area (Å²) in [7, 11) is -3.79. The minimum Gasteiger partial charge on any atom is -0.348 e. The van der Waals surface area contributed by atoms with E-state index < -0.39 is 27.7 Å². The number of benzene rings is 2. The van der Waals surface area contributed by atoms with Crippen LogP contribution in [0.2, 0.25) is 0 Å². The maximum Gasteiger partial charge on any atom is 0.309 e. The van der Waals surface area contributed by atoms with E-state index in [-0.39, 0.29) is 24.0 Å². The number of rotatable bonds is 7. The Kier molecular flexibility index (Phi) is 8.20. The molecule has 1 saturated heterocycles. The highest BCUT2D eigenvalue weighted by Gasteiger charge is 2.34. The summed E-state index contributed by atoms with van der Waals surface area (Å²) in [4.78, 5) is 24.3. The molecule has 2 amide bonds. The maximum atomic E-state index is 13.4. The fourth-order valence-electron chi connectivity index (χ4n) is 4.01. The highest BCUT2D eigenvalue weighted by molar-refractivity contribution is 7.89. The van der Waals surface area contributed by atoms with Gasteiger partial charge in [0.05, 0.1) is 4.90 Å². The van der Waals surface area contributed by atoms with E-state index in [1.54, 1.807) is 6.92 Å². The van der Waals surface area contributed by atoms with Crippen LogP contribution < -0.4 is 10.6 Å². The van der Waals surface area contributed by atoms with E-state index >= 15 is 0 Å². The van der Waals surface area contributed by atoms with Crippen molar-refractivity contribution < 1.29 is 22.4 Å². The monoisotopic (exact) mass is 475 g/mol. The molecule has 178 valence electrons. The molecule has 0 aromatic heterocycles. The molecule has 2 N–H and O–H groups in total. The first-order chi connectivity index (χ1) is 15.7. The summed E-state index contributed by atoms with van der Waals surface area (Å²) in [6.07, 6.45) is 2.67. The van der Waals surface area contributed by atoms with E-state index in [1.807, 2.05) is 31.2 Å². The Balaban J connectivity index is 1.55. The molecule has 3 rings (SSSR count). The summed E-state index contributed by atoms with van der Waals surface area (Å²) in [5, 5.41) is 5.17. The third-order valence-electron chi connectivity index (χ3n) is 5.84. The lowest BCUT2D eigenvalue weighted by atomic mass is 10.0. The molecule has 0 saturated carbocycles. The maximum absolute atomic E-state index is 13.4. The molecule has 1 aliphatic rings. The molecular formula is C24H30FN3O4S. The second-order valence-corrected chi connectivity index (χ2v) is 10.2. The summed E-state index contributed by atoms with van der Waals surface area (Å²) >= 11 is 0. The van der Waals surface area contributed by atoms with E-state index in [0.717, 1.165) is 30.0 Å². The van der Waals surface area contributed by atoms with Gasteiger partial charge in [-0.1, -0.05) is 36.2 Å². The van der Waals surface area contributed by atoms with E-state index in [4.69, 9.17) is 0 Å². The third-order valence-corrected chi connectivity index (χ3v) is 7.95. The van der Waals surface area contributed by atoms with E-state index in [2.05, 4.69) is 10.6 Å². The molecule has 0 bridgehead atoms. The van der Waals surface area contributed by atoms with Crippen LogP contribution in [-0.4, -0.2) is 43.7 Å². The number of carbonyl (C=O) groups excluding carboxylic acids is 2. The number of carbonyl (C=O) groups is 2. The second kappa shape index (κ2) is 10.9. The van der Waals surface area contributed by atoms with Crippen LogP contribution in [0, 0.1) is 19.7 Å². The molecular weight excluding hydrogens is 445 g/mol. The molecule has 9 heteroatoms. The number of halogens is 1. The molecule has 1 heterocycles. The van der Waals surface area contributed by atoms with Crippen molar-refractivity contribution in [3.63, 3.8) is 0 Å². The smallest absolute Gasteiger partial charge is 0.309 e. The van der Waals surface area contributed by atoms with Crippen LogP contribution in [0.25, 0.3) is 0 Å². The van der Waals surface area contributed by atoms with Gasteiger partial charge in [0, 0.05) is 25.7 Å². The fraction of sp³-hybridized carbons (Fsp3) is 0.417. The average molecular weight is 476 g/mol. The lowest BCUT2D eigenvalue weighted by Crippen LogP contribution is -2.46. The first kappa shape index (κ1) is 24.9. The van der Waals surface area contributed by atoms with Crippen molar-refractivity contribution in [3.05, 3.63) is 65.0 Å². The van der Waals surface area contributed by atoms with Crippen LogP contribution in [0.4, 0.5) is 4.39 Å². The Morgan fingerprint density at radius 3 is 2.42 bits per heavy atom. The quantitative estimate of drug-likeness (QED) is 0.602. The number of sulfonamides is 1. The fourth-order valence-corrected chi connectivity index (χ4v) is 5.94. The van der Waals surface area contributed by atoms with Crippen LogP contribution in [-0.2, 0) is 26.2 Å². The second-order valence-electron chi connectivity index (χ2n) is 8.39. The molecule has 0 aliphatic carbocycles. The first-order valence-corrected chi connectivity index (χ1v) is 12.5. The van der Waals surface area contributed by atoms with Crippen molar-refractivity contribution in [2.75, 3.05) is 13.1 Å². The topological polar surface area (TPSA) is 95.6 Å². The number of nitrogens with zero attached hydrogens (tertiary/aromatic N) is 1. The van der Waals surface area contributed by atoms with Crippen LogP contribution in [0.15, 0.2) is 47.4 Å². The van der Waals surface area contributed by atoms with Crippen molar-refractivity contribution in [1.82, 2.24) is 14.9 Å². The molecule has 0 unspecified atom stereocenters. The van der Waals surface area contributed by atoms with E-state index in [9.17, 15) is 22.4 Å². The number of nitrogens with one attached hydrogen (secondary N) is 2. The van der Waals surface area contributed by atoms with E-state index in [1.165, 1.54) is 16.4 Å². The van der Waals surface area contributed by atoms with Gasteiger partial charge < -0.3 is 10.6 Å². The average Bonchev–Trinajstić information content (AvgIpc) is 2.78. The molecule has 2 aromatic carbocycles. The van der Waals surface area contributed by atoms with Crippen LogP contribution in [0.1, 0.15) is 42.4 Å². The predicted octanol–water partition coefficient (Wildman–Crippen LogP) is 2.81. The Morgan fingerprint density at radius 1 is 1.03 bits per heavy atom. The van der Waals surface area contributed by atoms with Crippen molar-refractivity contribution in [2.24, 2.45) is 0 Å². The van der Waals surface area contributed by atoms with Gasteiger partial charge in [0.2, 0.25) is 10.0 Å².